The van der Waals surface area contributed by atoms with Gasteiger partial charge in [-0.25, -0.2) is 0 Å². The van der Waals surface area contributed by atoms with Crippen LogP contribution in [0.2, 0.25) is 5.02 Å². The molecule has 2 N–H and O–H groups in total. The number of halogens is 2. The summed E-state index contributed by atoms with van der Waals surface area (Å²) in [6, 6.07) is 8.30. The van der Waals surface area contributed by atoms with E-state index < -0.39 is 0 Å². The number of nitrogens with zero attached hydrogens (tertiary/aromatic N) is 1. The molecule has 0 aliphatic carbocycles. The third-order valence-electron chi connectivity index (χ3n) is 3.35. The second-order valence-corrected chi connectivity index (χ2v) is 5.50. The zero-order chi connectivity index (χ0) is 14.4. The molecule has 1 unspecified atom stereocenters. The van der Waals surface area contributed by atoms with Crippen LogP contribution in [0.15, 0.2) is 30.5 Å². The molecule has 21 heavy (non-hydrogen) atoms. The summed E-state index contributed by atoms with van der Waals surface area (Å²) in [4.78, 5) is 4.36. The van der Waals surface area contributed by atoms with E-state index in [9.17, 15) is 0 Å². The number of pyridine rings is 1. The van der Waals surface area contributed by atoms with Crippen molar-refractivity contribution in [3.8, 4) is 0 Å². The number of benzene rings is 1. The Balaban J connectivity index is 0.00000220. The predicted octanol–water partition coefficient (Wildman–Crippen LogP) is 4.66. The van der Waals surface area contributed by atoms with Gasteiger partial charge < -0.3 is 10.6 Å². The Bertz CT molecular complexity index is 562. The van der Waals surface area contributed by atoms with E-state index in [4.69, 9.17) is 11.6 Å². The van der Waals surface area contributed by atoms with Gasteiger partial charge in [-0.05, 0) is 57.1 Å². The first-order chi connectivity index (χ1) is 9.70. The Morgan fingerprint density at radius 3 is 2.86 bits per heavy atom. The lowest BCUT2D eigenvalue weighted by molar-refractivity contribution is 0.603. The number of anilines is 1. The van der Waals surface area contributed by atoms with E-state index in [1.807, 2.05) is 30.5 Å². The van der Waals surface area contributed by atoms with Crippen LogP contribution in [0.25, 0.3) is 10.9 Å². The summed E-state index contributed by atoms with van der Waals surface area (Å²) in [5, 5.41) is 8.77. The van der Waals surface area contributed by atoms with Crippen molar-refractivity contribution in [3.63, 3.8) is 0 Å². The smallest absolute Gasteiger partial charge is 0.0737 e. The molecule has 1 aromatic carbocycles. The highest BCUT2D eigenvalue weighted by molar-refractivity contribution is 8.93. The molecule has 2 rings (SSSR count). The fraction of sp³-hybridized carbons (Fsp3) is 0.438. The standard InChI is InChI=1S/C16H22ClN3.BrH/c1-3-18-9-4-5-12(2)20-15-8-10-19-16-11-13(17)6-7-14(15)16;/h6-8,10-12,18H,3-5,9H2,1-2H3,(H,19,20);1H. The summed E-state index contributed by atoms with van der Waals surface area (Å²) in [7, 11) is 0. The average Bonchev–Trinajstić information content (AvgIpc) is 2.43. The Hall–Kier alpha value is -0.840. The SMILES string of the molecule is Br.CCNCCCC(C)Nc1ccnc2cc(Cl)ccc12. The highest BCUT2D eigenvalue weighted by Gasteiger charge is 2.06. The van der Waals surface area contributed by atoms with Crippen LogP contribution in [-0.4, -0.2) is 24.1 Å². The maximum Gasteiger partial charge on any atom is 0.0737 e. The van der Waals surface area contributed by atoms with Gasteiger partial charge in [0.1, 0.15) is 0 Å². The summed E-state index contributed by atoms with van der Waals surface area (Å²) in [5.41, 5.74) is 2.06. The first-order valence-electron chi connectivity index (χ1n) is 7.22. The van der Waals surface area contributed by atoms with Crippen molar-refractivity contribution < 1.29 is 0 Å². The van der Waals surface area contributed by atoms with Crippen molar-refractivity contribution >= 4 is 45.2 Å². The molecule has 5 heteroatoms. The Kier molecular flexibility index (Phi) is 8.01. The van der Waals surface area contributed by atoms with E-state index in [2.05, 4.69) is 29.5 Å². The first-order valence-corrected chi connectivity index (χ1v) is 7.60. The molecule has 0 spiro atoms. The lowest BCUT2D eigenvalue weighted by Crippen LogP contribution is -2.19. The zero-order valence-corrected chi connectivity index (χ0v) is 15.0. The third-order valence-corrected chi connectivity index (χ3v) is 3.58. The second-order valence-electron chi connectivity index (χ2n) is 5.06. The van der Waals surface area contributed by atoms with E-state index in [1.54, 1.807) is 0 Å². The number of hydrogen-bond donors (Lipinski definition) is 2. The minimum absolute atomic E-state index is 0. The predicted molar refractivity (Wildman–Crippen MR) is 97.9 cm³/mol. The number of hydrogen-bond acceptors (Lipinski definition) is 3. The molecular formula is C16H23BrClN3. The Morgan fingerprint density at radius 2 is 2.10 bits per heavy atom. The molecule has 0 aliphatic rings. The maximum atomic E-state index is 6.01. The van der Waals surface area contributed by atoms with Crippen LogP contribution in [0, 0.1) is 0 Å². The first kappa shape index (κ1) is 18.2. The molecule has 0 saturated carbocycles. The van der Waals surface area contributed by atoms with Gasteiger partial charge in [0.2, 0.25) is 0 Å². The number of aromatic nitrogens is 1. The van der Waals surface area contributed by atoms with Crippen molar-refractivity contribution in [2.24, 2.45) is 0 Å². The molecule has 1 aromatic heterocycles. The van der Waals surface area contributed by atoms with Crippen LogP contribution in [0.3, 0.4) is 0 Å². The van der Waals surface area contributed by atoms with Crippen LogP contribution >= 0.6 is 28.6 Å². The van der Waals surface area contributed by atoms with Gasteiger partial charge in [0.05, 0.1) is 5.52 Å². The van der Waals surface area contributed by atoms with Crippen LogP contribution in [0.1, 0.15) is 26.7 Å². The monoisotopic (exact) mass is 371 g/mol. The third kappa shape index (κ3) is 5.46. The van der Waals surface area contributed by atoms with E-state index in [0.29, 0.717) is 6.04 Å². The van der Waals surface area contributed by atoms with Gasteiger partial charge in [0.25, 0.3) is 0 Å². The molecule has 1 heterocycles. The highest BCUT2D eigenvalue weighted by Crippen LogP contribution is 2.25. The normalized spacial score (nSPS) is 12.0. The molecule has 0 aliphatic heterocycles. The minimum Gasteiger partial charge on any atom is -0.382 e. The van der Waals surface area contributed by atoms with Crippen molar-refractivity contribution in [3.05, 3.63) is 35.5 Å². The quantitative estimate of drug-likeness (QED) is 0.694. The number of rotatable bonds is 7. The second kappa shape index (κ2) is 9.23. The number of nitrogens with one attached hydrogen (secondary N) is 2. The van der Waals surface area contributed by atoms with Gasteiger partial charge in [0.15, 0.2) is 0 Å². The molecule has 0 saturated heterocycles. The molecule has 3 nitrogen and oxygen atoms in total. The molecule has 0 radical (unpaired) electrons. The van der Waals surface area contributed by atoms with Crippen molar-refractivity contribution in [1.82, 2.24) is 10.3 Å². The summed E-state index contributed by atoms with van der Waals surface area (Å²) < 4.78 is 0. The molecule has 0 fully saturated rings. The topological polar surface area (TPSA) is 37.0 Å². The van der Waals surface area contributed by atoms with Crippen LogP contribution in [0.5, 0.6) is 0 Å². The van der Waals surface area contributed by atoms with Gasteiger partial charge in [-0.15, -0.1) is 17.0 Å². The molecule has 0 bridgehead atoms. The molecule has 1 atom stereocenters. The van der Waals surface area contributed by atoms with Gasteiger partial charge in [-0.3, -0.25) is 4.98 Å². The van der Waals surface area contributed by atoms with Crippen molar-refractivity contribution in [2.75, 3.05) is 18.4 Å². The summed E-state index contributed by atoms with van der Waals surface area (Å²) in [5.74, 6) is 0. The van der Waals surface area contributed by atoms with E-state index >= 15 is 0 Å². The van der Waals surface area contributed by atoms with Gasteiger partial charge >= 0.3 is 0 Å². The van der Waals surface area contributed by atoms with Crippen molar-refractivity contribution in [1.29, 1.82) is 0 Å². The number of fused-ring (bicyclic) bond motifs is 1. The van der Waals surface area contributed by atoms with Gasteiger partial charge in [-0.1, -0.05) is 18.5 Å². The molecule has 2 aromatic rings. The lowest BCUT2D eigenvalue weighted by atomic mass is 10.1. The van der Waals surface area contributed by atoms with E-state index in [-0.39, 0.29) is 17.0 Å². The maximum absolute atomic E-state index is 6.01. The van der Waals surface area contributed by atoms with Gasteiger partial charge in [0, 0.05) is 28.3 Å². The minimum atomic E-state index is 0. The Labute approximate surface area is 142 Å². The van der Waals surface area contributed by atoms with Crippen molar-refractivity contribution in [2.45, 2.75) is 32.7 Å². The fourth-order valence-corrected chi connectivity index (χ4v) is 2.46. The van der Waals surface area contributed by atoms with E-state index in [0.717, 1.165) is 41.1 Å². The van der Waals surface area contributed by atoms with Crippen LogP contribution in [0.4, 0.5) is 5.69 Å². The summed E-state index contributed by atoms with van der Waals surface area (Å²) >= 11 is 6.01. The molecule has 116 valence electrons. The Morgan fingerprint density at radius 1 is 1.29 bits per heavy atom. The van der Waals surface area contributed by atoms with Crippen LogP contribution in [-0.2, 0) is 0 Å². The highest BCUT2D eigenvalue weighted by atomic mass is 79.9. The average molecular weight is 373 g/mol. The summed E-state index contributed by atoms with van der Waals surface area (Å²) in [6.07, 6.45) is 4.15. The summed E-state index contributed by atoms with van der Waals surface area (Å²) in [6.45, 7) is 6.47. The lowest BCUT2D eigenvalue weighted by Gasteiger charge is -2.16. The largest absolute Gasteiger partial charge is 0.382 e. The molecular weight excluding hydrogens is 350 g/mol. The van der Waals surface area contributed by atoms with Crippen LogP contribution < -0.4 is 10.6 Å². The van der Waals surface area contributed by atoms with Gasteiger partial charge in [-0.2, -0.15) is 0 Å². The fourth-order valence-electron chi connectivity index (χ4n) is 2.29. The zero-order valence-electron chi connectivity index (χ0n) is 12.5. The van der Waals surface area contributed by atoms with E-state index in [1.165, 1.54) is 6.42 Å². The molecule has 0 amide bonds.